The molecule has 4 fully saturated rings. The summed E-state index contributed by atoms with van der Waals surface area (Å²) in [7, 11) is 0. The summed E-state index contributed by atoms with van der Waals surface area (Å²) in [6.07, 6.45) is 11.3. The minimum atomic E-state index is -0.452. The number of aromatic nitrogens is 2. The van der Waals surface area contributed by atoms with E-state index in [4.69, 9.17) is 12.2 Å². The van der Waals surface area contributed by atoms with Crippen LogP contribution in [-0.4, -0.2) is 20.9 Å². The normalized spacial score (nSPS) is 29.5. The summed E-state index contributed by atoms with van der Waals surface area (Å²) < 4.78 is 1.58. The summed E-state index contributed by atoms with van der Waals surface area (Å²) in [5, 5.41) is 10.4. The molecule has 0 atom stereocenters. The number of allylic oxidation sites excluding steroid dienone is 1. The highest BCUT2D eigenvalue weighted by Crippen LogP contribution is 2.60. The van der Waals surface area contributed by atoms with Crippen molar-refractivity contribution in [3.63, 3.8) is 0 Å². The molecule has 5 nitrogen and oxygen atoms in total. The van der Waals surface area contributed by atoms with Gasteiger partial charge >= 0.3 is 0 Å². The monoisotopic (exact) mass is 421 g/mol. The van der Waals surface area contributed by atoms with Crippen LogP contribution in [0.1, 0.15) is 49.7 Å². The van der Waals surface area contributed by atoms with Crippen LogP contribution in [0.2, 0.25) is 0 Å². The largest absolute Gasteiger partial charge is 0.494 e. The van der Waals surface area contributed by atoms with E-state index in [1.807, 2.05) is 12.1 Å². The molecule has 1 aromatic heterocycles. The number of aliphatic imine (C=N–C) groups is 1. The summed E-state index contributed by atoms with van der Waals surface area (Å²) >= 11 is 5.11. The van der Waals surface area contributed by atoms with Gasteiger partial charge in [0.2, 0.25) is 5.88 Å². The summed E-state index contributed by atoms with van der Waals surface area (Å²) in [5.74, 6) is 2.55. The lowest BCUT2D eigenvalue weighted by Crippen LogP contribution is -2.48. The van der Waals surface area contributed by atoms with Crippen molar-refractivity contribution >= 4 is 24.1 Å². The zero-order valence-electron chi connectivity index (χ0n) is 17.0. The number of aromatic amines is 1. The maximum absolute atomic E-state index is 12.2. The highest BCUT2D eigenvalue weighted by Gasteiger charge is 2.51. The van der Waals surface area contributed by atoms with Crippen LogP contribution in [0.15, 0.2) is 46.7 Å². The Labute approximate surface area is 181 Å². The van der Waals surface area contributed by atoms with E-state index < -0.39 is 5.56 Å². The Morgan fingerprint density at radius 1 is 1.17 bits per heavy atom. The summed E-state index contributed by atoms with van der Waals surface area (Å²) in [4.78, 5) is 19.3. The Kier molecular flexibility index (Phi) is 4.77. The lowest BCUT2D eigenvalue weighted by Gasteiger charge is -2.57. The molecule has 2 aromatic rings. The van der Waals surface area contributed by atoms with Crippen molar-refractivity contribution < 1.29 is 5.11 Å². The lowest BCUT2D eigenvalue weighted by molar-refractivity contribution is -0.00518. The number of aromatic hydroxyl groups is 1. The van der Waals surface area contributed by atoms with Crippen molar-refractivity contribution in [3.8, 4) is 5.88 Å². The average Bonchev–Trinajstić information content (AvgIpc) is 2.70. The number of nitrogens with zero attached hydrogens (tertiary/aromatic N) is 2. The van der Waals surface area contributed by atoms with Crippen molar-refractivity contribution in [3.05, 3.63) is 63.2 Å². The second-order valence-electron chi connectivity index (χ2n) is 9.40. The molecule has 0 radical (unpaired) electrons. The molecule has 0 unspecified atom stereocenters. The predicted octanol–water partition coefficient (Wildman–Crippen LogP) is 5.02. The van der Waals surface area contributed by atoms with Crippen molar-refractivity contribution in [2.75, 3.05) is 0 Å². The van der Waals surface area contributed by atoms with Gasteiger partial charge in [-0.15, -0.1) is 6.58 Å². The molecule has 0 amide bonds. The predicted molar refractivity (Wildman–Crippen MR) is 121 cm³/mol. The molecule has 4 saturated carbocycles. The first-order valence-electron chi connectivity index (χ1n) is 10.8. The number of nitrogens with one attached hydrogen (secondary N) is 1. The summed E-state index contributed by atoms with van der Waals surface area (Å²) in [5.41, 5.74) is 2.21. The molecule has 2 N–H and O–H groups in total. The zero-order chi connectivity index (χ0) is 20.9. The zero-order valence-corrected chi connectivity index (χ0v) is 17.8. The summed E-state index contributed by atoms with van der Waals surface area (Å²) in [6.45, 7) is 3.96. The second-order valence-corrected chi connectivity index (χ2v) is 9.79. The molecule has 6 rings (SSSR count). The van der Waals surface area contributed by atoms with E-state index in [9.17, 15) is 9.90 Å². The fourth-order valence-electron chi connectivity index (χ4n) is 6.49. The van der Waals surface area contributed by atoms with Gasteiger partial charge in [-0.25, -0.2) is 0 Å². The Bertz CT molecular complexity index is 1090. The van der Waals surface area contributed by atoms with E-state index in [1.54, 1.807) is 6.08 Å². The van der Waals surface area contributed by atoms with Gasteiger partial charge in [0.25, 0.3) is 5.56 Å². The van der Waals surface area contributed by atoms with Crippen LogP contribution >= 0.6 is 12.2 Å². The van der Waals surface area contributed by atoms with Gasteiger partial charge in [0.05, 0.1) is 5.69 Å². The van der Waals surface area contributed by atoms with E-state index in [-0.39, 0.29) is 16.2 Å². The topological polar surface area (TPSA) is 70.4 Å². The maximum atomic E-state index is 12.2. The van der Waals surface area contributed by atoms with Gasteiger partial charge < -0.3 is 5.11 Å². The Balaban J connectivity index is 1.41. The number of H-pyrrole nitrogens is 1. The van der Waals surface area contributed by atoms with Crippen molar-refractivity contribution in [2.45, 2.75) is 50.5 Å². The molecule has 4 bridgehead atoms. The van der Waals surface area contributed by atoms with Crippen LogP contribution in [0, 0.1) is 22.5 Å². The van der Waals surface area contributed by atoms with Gasteiger partial charge in [-0.05, 0) is 91.6 Å². The molecule has 6 heteroatoms. The summed E-state index contributed by atoms with van der Waals surface area (Å²) in [6, 6.07) is 8.48. The van der Waals surface area contributed by atoms with Gasteiger partial charge in [0.1, 0.15) is 5.56 Å². The fourth-order valence-corrected chi connectivity index (χ4v) is 6.75. The molecule has 1 aromatic carbocycles. The highest BCUT2D eigenvalue weighted by molar-refractivity contribution is 7.71. The maximum Gasteiger partial charge on any atom is 0.264 e. The van der Waals surface area contributed by atoms with Crippen molar-refractivity contribution in [2.24, 2.45) is 22.7 Å². The van der Waals surface area contributed by atoms with E-state index in [0.29, 0.717) is 12.0 Å². The molecule has 0 saturated heterocycles. The standard InChI is InChI=1S/C24H27N3O2S/c1-2-7-27-22(29)20(21(28)26-23(27)30)14-25-19-5-3-18(4-6-19)24-11-15-8-16(12-24)10-17(9-15)13-24/h2-6,14-17,29H,1,7-13H2,(H,26,28,30). The molecular formula is C24H27N3O2S. The van der Waals surface area contributed by atoms with E-state index in [0.717, 1.165) is 23.4 Å². The molecule has 4 aliphatic rings. The third-order valence-electron chi connectivity index (χ3n) is 7.38. The van der Waals surface area contributed by atoms with E-state index in [1.165, 1.54) is 54.9 Å². The first kappa shape index (κ1) is 19.5. The van der Waals surface area contributed by atoms with Gasteiger partial charge in [-0.3, -0.25) is 19.3 Å². The van der Waals surface area contributed by atoms with Gasteiger partial charge in [0, 0.05) is 12.8 Å². The van der Waals surface area contributed by atoms with Crippen molar-refractivity contribution in [1.82, 2.24) is 9.55 Å². The van der Waals surface area contributed by atoms with Crippen molar-refractivity contribution in [1.29, 1.82) is 0 Å². The minimum Gasteiger partial charge on any atom is -0.494 e. The number of hydrogen-bond acceptors (Lipinski definition) is 4. The van der Waals surface area contributed by atoms with Crippen LogP contribution < -0.4 is 5.56 Å². The molecule has 1 heterocycles. The lowest BCUT2D eigenvalue weighted by atomic mass is 9.48. The second kappa shape index (κ2) is 7.34. The quantitative estimate of drug-likeness (QED) is 0.405. The molecule has 0 spiro atoms. The Morgan fingerprint density at radius 2 is 1.77 bits per heavy atom. The van der Waals surface area contributed by atoms with E-state index >= 15 is 0 Å². The van der Waals surface area contributed by atoms with Gasteiger partial charge in [-0.1, -0.05) is 18.2 Å². The van der Waals surface area contributed by atoms with Crippen LogP contribution in [0.5, 0.6) is 5.88 Å². The Morgan fingerprint density at radius 3 is 2.33 bits per heavy atom. The average molecular weight is 422 g/mol. The first-order valence-corrected chi connectivity index (χ1v) is 11.2. The third-order valence-corrected chi connectivity index (χ3v) is 7.70. The molecule has 30 heavy (non-hydrogen) atoms. The number of benzene rings is 1. The van der Waals surface area contributed by atoms with Gasteiger partial charge in [-0.2, -0.15) is 0 Å². The SMILES string of the molecule is C=CCn1c(O)c(C=Nc2ccc(C34CC5CC(CC(C5)C3)C4)cc2)c(=O)[nH]c1=S. The third kappa shape index (κ3) is 3.27. The molecule has 0 aliphatic heterocycles. The van der Waals surface area contributed by atoms with Crippen LogP contribution in [-0.2, 0) is 12.0 Å². The minimum absolute atomic E-state index is 0.0932. The number of hydrogen-bond donors (Lipinski definition) is 2. The molecular weight excluding hydrogens is 394 g/mol. The highest BCUT2D eigenvalue weighted by atomic mass is 32.1. The first-order chi connectivity index (χ1) is 14.5. The fraction of sp³-hybridized carbons (Fsp3) is 0.458. The molecule has 4 aliphatic carbocycles. The van der Waals surface area contributed by atoms with Crippen LogP contribution in [0.4, 0.5) is 5.69 Å². The van der Waals surface area contributed by atoms with Crippen LogP contribution in [0.3, 0.4) is 0 Å². The molecule has 156 valence electrons. The van der Waals surface area contributed by atoms with E-state index in [2.05, 4.69) is 28.7 Å². The van der Waals surface area contributed by atoms with Gasteiger partial charge in [0.15, 0.2) is 4.77 Å². The van der Waals surface area contributed by atoms with Crippen LogP contribution in [0.25, 0.3) is 0 Å². The smallest absolute Gasteiger partial charge is 0.264 e. The number of rotatable bonds is 5. The Hall–Kier alpha value is -2.47.